The highest BCUT2D eigenvalue weighted by Gasteiger charge is 2.30. The van der Waals surface area contributed by atoms with Crippen molar-refractivity contribution in [2.45, 2.75) is 38.8 Å². The van der Waals surface area contributed by atoms with Crippen molar-refractivity contribution in [3.05, 3.63) is 41.3 Å². The molecule has 2 rings (SSSR count). The zero-order valence-electron chi connectivity index (χ0n) is 12.6. The van der Waals surface area contributed by atoms with Gasteiger partial charge in [-0.05, 0) is 30.2 Å². The van der Waals surface area contributed by atoms with E-state index in [4.69, 9.17) is 4.42 Å². The van der Waals surface area contributed by atoms with E-state index >= 15 is 0 Å². The van der Waals surface area contributed by atoms with Crippen molar-refractivity contribution in [2.75, 3.05) is 6.61 Å². The highest BCUT2D eigenvalue weighted by molar-refractivity contribution is 5.54. The van der Waals surface area contributed by atoms with Gasteiger partial charge in [0.25, 0.3) is 0 Å². The molecule has 0 saturated heterocycles. The molecule has 3 nitrogen and oxygen atoms in total. The topological polar surface area (TPSA) is 46.3 Å². The van der Waals surface area contributed by atoms with Crippen molar-refractivity contribution in [3.63, 3.8) is 0 Å². The summed E-state index contributed by atoms with van der Waals surface area (Å²) in [5.41, 5.74) is 0.485. The molecule has 1 atom stereocenters. The average molecular weight is 313 g/mol. The van der Waals surface area contributed by atoms with Gasteiger partial charge in [0.2, 0.25) is 5.89 Å². The molecule has 0 fully saturated rings. The van der Waals surface area contributed by atoms with E-state index in [1.54, 1.807) is 0 Å². The molecule has 0 aliphatic heterocycles. The van der Waals surface area contributed by atoms with Crippen LogP contribution in [-0.2, 0) is 6.18 Å². The Morgan fingerprint density at radius 3 is 2.18 bits per heavy atom. The predicted molar refractivity (Wildman–Crippen MR) is 76.5 cm³/mol. The average Bonchev–Trinajstić information content (AvgIpc) is 2.91. The lowest BCUT2D eigenvalue weighted by Gasteiger charge is -2.08. The van der Waals surface area contributed by atoms with Gasteiger partial charge >= 0.3 is 6.18 Å². The Kier molecular flexibility index (Phi) is 4.60. The van der Waals surface area contributed by atoms with Gasteiger partial charge in [-0.1, -0.05) is 20.8 Å². The third kappa shape index (κ3) is 3.32. The maximum absolute atomic E-state index is 12.6. The molecule has 120 valence electrons. The molecule has 0 bridgehead atoms. The molecule has 0 spiro atoms. The number of aliphatic hydroxyl groups is 1. The molecule has 22 heavy (non-hydrogen) atoms. The first-order valence-electron chi connectivity index (χ1n) is 7.03. The molecule has 1 aromatic carbocycles. The lowest BCUT2D eigenvalue weighted by molar-refractivity contribution is -0.137. The summed E-state index contributed by atoms with van der Waals surface area (Å²) in [6.07, 6.45) is -4.37. The zero-order valence-corrected chi connectivity index (χ0v) is 12.6. The zero-order chi connectivity index (χ0) is 16.5. The second-order valence-electron chi connectivity index (χ2n) is 5.58. The van der Waals surface area contributed by atoms with Gasteiger partial charge in [0.15, 0.2) is 0 Å². The lowest BCUT2D eigenvalue weighted by atomic mass is 10.0. The van der Waals surface area contributed by atoms with Crippen LogP contribution in [0.25, 0.3) is 11.5 Å². The molecule has 1 N–H and O–H groups in total. The highest BCUT2D eigenvalue weighted by atomic mass is 19.4. The van der Waals surface area contributed by atoms with Crippen molar-refractivity contribution in [2.24, 2.45) is 0 Å². The van der Waals surface area contributed by atoms with E-state index in [1.165, 1.54) is 12.1 Å². The van der Waals surface area contributed by atoms with Gasteiger partial charge in [-0.3, -0.25) is 0 Å². The summed E-state index contributed by atoms with van der Waals surface area (Å²) < 4.78 is 43.4. The Bertz CT molecular complexity index is 630. The molecular formula is C16H18F3NO2. The van der Waals surface area contributed by atoms with E-state index in [2.05, 4.69) is 4.98 Å². The fourth-order valence-electron chi connectivity index (χ4n) is 2.12. The van der Waals surface area contributed by atoms with Crippen molar-refractivity contribution in [3.8, 4) is 11.5 Å². The summed E-state index contributed by atoms with van der Waals surface area (Å²) in [7, 11) is 0. The van der Waals surface area contributed by atoms with Gasteiger partial charge < -0.3 is 9.52 Å². The third-order valence-electron chi connectivity index (χ3n) is 3.41. The summed E-state index contributed by atoms with van der Waals surface area (Å²) in [4.78, 5) is 4.38. The molecule has 0 radical (unpaired) electrons. The van der Waals surface area contributed by atoms with Crippen molar-refractivity contribution >= 4 is 0 Å². The minimum Gasteiger partial charge on any atom is -0.441 e. The second kappa shape index (κ2) is 6.12. The van der Waals surface area contributed by atoms with Gasteiger partial charge in [-0.15, -0.1) is 0 Å². The van der Waals surface area contributed by atoms with E-state index in [0.717, 1.165) is 17.8 Å². The molecule has 0 saturated carbocycles. The number of hydrogen-bond acceptors (Lipinski definition) is 3. The summed E-state index contributed by atoms with van der Waals surface area (Å²) in [6.45, 7) is 5.62. The number of alkyl halides is 3. The first-order chi connectivity index (χ1) is 10.2. The smallest absolute Gasteiger partial charge is 0.416 e. The van der Waals surface area contributed by atoms with Gasteiger partial charge in [0.1, 0.15) is 5.76 Å². The van der Waals surface area contributed by atoms with Crippen LogP contribution in [0.1, 0.15) is 49.6 Å². The van der Waals surface area contributed by atoms with Crippen molar-refractivity contribution in [1.29, 1.82) is 0 Å². The monoisotopic (exact) mass is 313 g/mol. The maximum Gasteiger partial charge on any atom is 0.416 e. The van der Waals surface area contributed by atoms with Crippen molar-refractivity contribution in [1.82, 2.24) is 4.98 Å². The summed E-state index contributed by atoms with van der Waals surface area (Å²) in [5.74, 6) is 0.726. The molecule has 2 aromatic rings. The molecule has 6 heteroatoms. The molecule has 0 amide bonds. The van der Waals surface area contributed by atoms with Gasteiger partial charge in [-0.25, -0.2) is 4.98 Å². The number of benzene rings is 1. The first kappa shape index (κ1) is 16.5. The van der Waals surface area contributed by atoms with Crippen LogP contribution in [0.5, 0.6) is 0 Å². The molecular weight excluding hydrogens is 295 g/mol. The van der Waals surface area contributed by atoms with Crippen LogP contribution >= 0.6 is 0 Å². The summed E-state index contributed by atoms with van der Waals surface area (Å²) >= 11 is 0. The molecule has 1 heterocycles. The molecule has 1 unspecified atom stereocenters. The van der Waals surface area contributed by atoms with E-state index < -0.39 is 11.7 Å². The van der Waals surface area contributed by atoms with Gasteiger partial charge in [-0.2, -0.15) is 13.2 Å². The number of oxazole rings is 1. The number of rotatable bonds is 4. The number of aromatic nitrogens is 1. The van der Waals surface area contributed by atoms with Crippen LogP contribution in [0.4, 0.5) is 13.2 Å². The normalized spacial score (nSPS) is 13.6. The summed E-state index contributed by atoms with van der Waals surface area (Å²) in [6, 6.07) is 4.69. The van der Waals surface area contributed by atoms with Crippen LogP contribution < -0.4 is 0 Å². The number of halogens is 3. The van der Waals surface area contributed by atoms with E-state index in [-0.39, 0.29) is 24.3 Å². The Hall–Kier alpha value is -1.82. The minimum atomic E-state index is -4.37. The Morgan fingerprint density at radius 1 is 1.14 bits per heavy atom. The second-order valence-corrected chi connectivity index (χ2v) is 5.58. The quantitative estimate of drug-likeness (QED) is 0.898. The minimum absolute atomic E-state index is 0.0820. The van der Waals surface area contributed by atoms with Crippen LogP contribution in [0.3, 0.4) is 0 Å². The molecule has 1 aromatic heterocycles. The van der Waals surface area contributed by atoms with Gasteiger partial charge in [0, 0.05) is 11.5 Å². The SMILES string of the molecule is CC(C)c1nc(-c2ccc(C(F)(F)F)cc2)oc1C(C)CO. The van der Waals surface area contributed by atoms with Crippen LogP contribution in [0.15, 0.2) is 28.7 Å². The Labute approximate surface area is 126 Å². The predicted octanol–water partition coefficient (Wildman–Crippen LogP) is 4.58. The Balaban J connectivity index is 2.41. The fraction of sp³-hybridized carbons (Fsp3) is 0.438. The summed E-state index contributed by atoms with van der Waals surface area (Å²) in [5, 5.41) is 9.29. The largest absolute Gasteiger partial charge is 0.441 e. The molecule has 0 aliphatic carbocycles. The lowest BCUT2D eigenvalue weighted by Crippen LogP contribution is -2.04. The first-order valence-corrected chi connectivity index (χ1v) is 7.03. The number of nitrogens with zero attached hydrogens (tertiary/aromatic N) is 1. The number of aliphatic hydroxyl groups excluding tert-OH is 1. The van der Waals surface area contributed by atoms with E-state index in [1.807, 2.05) is 20.8 Å². The third-order valence-corrected chi connectivity index (χ3v) is 3.41. The van der Waals surface area contributed by atoms with E-state index in [0.29, 0.717) is 11.3 Å². The van der Waals surface area contributed by atoms with E-state index in [9.17, 15) is 18.3 Å². The standard InChI is InChI=1S/C16H18F3NO2/c1-9(2)13-14(10(3)8-21)22-15(20-13)11-4-6-12(7-5-11)16(17,18)19/h4-7,9-10,21H,8H2,1-3H3. The number of hydrogen-bond donors (Lipinski definition) is 1. The maximum atomic E-state index is 12.6. The van der Waals surface area contributed by atoms with Crippen LogP contribution in [0, 0.1) is 0 Å². The van der Waals surface area contributed by atoms with Crippen molar-refractivity contribution < 1.29 is 22.7 Å². The fourth-order valence-corrected chi connectivity index (χ4v) is 2.12. The van der Waals surface area contributed by atoms with Crippen LogP contribution in [0.2, 0.25) is 0 Å². The van der Waals surface area contributed by atoms with Gasteiger partial charge in [0.05, 0.1) is 17.9 Å². The molecule has 0 aliphatic rings. The Morgan fingerprint density at radius 2 is 1.73 bits per heavy atom. The highest BCUT2D eigenvalue weighted by Crippen LogP contribution is 2.33. The van der Waals surface area contributed by atoms with Crippen LogP contribution in [-0.4, -0.2) is 16.7 Å².